The van der Waals surface area contributed by atoms with Crippen LogP contribution in [-0.4, -0.2) is 18.1 Å². The number of rotatable bonds is 6. The van der Waals surface area contributed by atoms with Crippen molar-refractivity contribution in [2.45, 2.75) is 64.4 Å². The molecule has 1 aliphatic carbocycles. The first-order chi connectivity index (χ1) is 6.65. The van der Waals surface area contributed by atoms with Crippen LogP contribution in [0.25, 0.3) is 0 Å². The monoisotopic (exact) mass is 218 g/mol. The normalized spacial score (nSPS) is 36.9. The van der Waals surface area contributed by atoms with E-state index in [1.54, 1.807) is 0 Å². The van der Waals surface area contributed by atoms with Gasteiger partial charge >= 0.3 is 0 Å². The maximum absolute atomic E-state index is 6.21. The summed E-state index contributed by atoms with van der Waals surface area (Å²) in [7, 11) is 0. The molecule has 0 aliphatic heterocycles. The lowest BCUT2D eigenvalue weighted by molar-refractivity contribution is -0.100. The Morgan fingerprint density at radius 1 is 1.36 bits per heavy atom. The van der Waals surface area contributed by atoms with E-state index in [1.165, 1.54) is 19.3 Å². The summed E-state index contributed by atoms with van der Waals surface area (Å²) < 4.78 is 5.87. The van der Waals surface area contributed by atoms with E-state index in [0.29, 0.717) is 11.5 Å². The van der Waals surface area contributed by atoms with Gasteiger partial charge in [-0.05, 0) is 19.3 Å². The predicted octanol–water partition coefficient (Wildman–Crippen LogP) is 3.99. The first-order valence-corrected chi connectivity index (χ1v) is 6.34. The molecule has 1 rings (SSSR count). The maximum atomic E-state index is 6.21. The number of hydrogen-bond donors (Lipinski definition) is 0. The Morgan fingerprint density at radius 3 is 2.57 bits per heavy atom. The fourth-order valence-electron chi connectivity index (χ4n) is 2.05. The maximum Gasteiger partial charge on any atom is 0.0656 e. The van der Waals surface area contributed by atoms with Gasteiger partial charge in [0, 0.05) is 17.4 Å². The molecule has 0 aromatic carbocycles. The van der Waals surface area contributed by atoms with Gasteiger partial charge in [-0.25, -0.2) is 0 Å². The summed E-state index contributed by atoms with van der Waals surface area (Å²) in [5.41, 5.74) is 0.230. The van der Waals surface area contributed by atoms with E-state index in [1.807, 2.05) is 0 Å². The van der Waals surface area contributed by atoms with Crippen LogP contribution < -0.4 is 0 Å². The average Bonchev–Trinajstić information content (AvgIpc) is 2.21. The highest BCUT2D eigenvalue weighted by atomic mass is 35.5. The molecule has 0 aromatic rings. The molecule has 3 atom stereocenters. The van der Waals surface area contributed by atoms with Crippen LogP contribution in [0.5, 0.6) is 0 Å². The Hall–Kier alpha value is 0.250. The van der Waals surface area contributed by atoms with Gasteiger partial charge in [-0.15, -0.1) is 11.6 Å². The van der Waals surface area contributed by atoms with Crippen molar-refractivity contribution in [2.24, 2.45) is 5.41 Å². The van der Waals surface area contributed by atoms with Crippen LogP contribution in [0.1, 0.15) is 52.9 Å². The van der Waals surface area contributed by atoms with Crippen LogP contribution in [-0.2, 0) is 4.74 Å². The molecule has 0 amide bonds. The minimum Gasteiger partial charge on any atom is -0.378 e. The third-order valence-corrected chi connectivity index (χ3v) is 4.38. The van der Waals surface area contributed by atoms with Crippen molar-refractivity contribution in [3.05, 3.63) is 0 Å². The van der Waals surface area contributed by atoms with E-state index in [4.69, 9.17) is 16.3 Å². The molecule has 1 fully saturated rings. The largest absolute Gasteiger partial charge is 0.378 e. The number of halogens is 1. The van der Waals surface area contributed by atoms with Crippen molar-refractivity contribution in [2.75, 3.05) is 6.61 Å². The van der Waals surface area contributed by atoms with Crippen LogP contribution in [0.4, 0.5) is 0 Å². The van der Waals surface area contributed by atoms with Crippen LogP contribution in [0.2, 0.25) is 0 Å². The van der Waals surface area contributed by atoms with Gasteiger partial charge in [-0.1, -0.05) is 33.6 Å². The number of ether oxygens (including phenoxy) is 1. The van der Waals surface area contributed by atoms with Gasteiger partial charge < -0.3 is 4.74 Å². The molecule has 0 bridgehead atoms. The molecule has 0 heterocycles. The van der Waals surface area contributed by atoms with E-state index in [2.05, 4.69) is 20.8 Å². The van der Waals surface area contributed by atoms with Gasteiger partial charge in [0.25, 0.3) is 0 Å². The molecule has 1 saturated carbocycles. The molecule has 3 unspecified atom stereocenters. The molecule has 84 valence electrons. The topological polar surface area (TPSA) is 9.23 Å². The zero-order valence-electron chi connectivity index (χ0n) is 9.68. The minimum absolute atomic E-state index is 0.230. The van der Waals surface area contributed by atoms with Crippen LogP contribution in [0.3, 0.4) is 0 Å². The summed E-state index contributed by atoms with van der Waals surface area (Å²) in [5, 5.41) is 0.323. The number of hydrogen-bond acceptors (Lipinski definition) is 1. The highest BCUT2D eigenvalue weighted by Crippen LogP contribution is 2.49. The van der Waals surface area contributed by atoms with Gasteiger partial charge in [-0.3, -0.25) is 0 Å². The Bertz CT molecular complexity index is 172. The molecule has 0 N–H and O–H groups in total. The van der Waals surface area contributed by atoms with Gasteiger partial charge in [-0.2, -0.15) is 0 Å². The number of alkyl halides is 1. The zero-order chi connectivity index (χ0) is 10.6. The van der Waals surface area contributed by atoms with E-state index in [-0.39, 0.29) is 5.41 Å². The van der Waals surface area contributed by atoms with Gasteiger partial charge in [0.1, 0.15) is 0 Å². The molecular weight excluding hydrogens is 196 g/mol. The Labute approximate surface area is 93.2 Å². The second-order valence-corrected chi connectivity index (χ2v) is 5.16. The van der Waals surface area contributed by atoms with Crippen molar-refractivity contribution in [3.8, 4) is 0 Å². The van der Waals surface area contributed by atoms with Gasteiger partial charge in [0.05, 0.1) is 6.10 Å². The van der Waals surface area contributed by atoms with Gasteiger partial charge in [0.2, 0.25) is 0 Å². The third-order valence-electron chi connectivity index (χ3n) is 3.70. The lowest BCUT2D eigenvalue weighted by Crippen LogP contribution is -2.53. The van der Waals surface area contributed by atoms with Crippen molar-refractivity contribution in [1.82, 2.24) is 0 Å². The third kappa shape index (κ3) is 2.43. The molecule has 1 aliphatic rings. The fourth-order valence-corrected chi connectivity index (χ4v) is 2.51. The Balaban J connectivity index is 2.20. The van der Waals surface area contributed by atoms with Crippen molar-refractivity contribution in [1.29, 1.82) is 0 Å². The fraction of sp³-hybridized carbons (Fsp3) is 1.00. The van der Waals surface area contributed by atoms with Gasteiger partial charge in [0.15, 0.2) is 0 Å². The summed E-state index contributed by atoms with van der Waals surface area (Å²) in [6.45, 7) is 7.58. The summed E-state index contributed by atoms with van der Waals surface area (Å²) in [4.78, 5) is 0. The SMILES string of the molecule is CCCCCOC1CC(Cl)C1(C)CC. The molecular formula is C12H23ClO. The van der Waals surface area contributed by atoms with E-state index in [9.17, 15) is 0 Å². The lowest BCUT2D eigenvalue weighted by atomic mass is 9.65. The molecule has 2 heteroatoms. The molecule has 14 heavy (non-hydrogen) atoms. The molecule has 1 nitrogen and oxygen atoms in total. The van der Waals surface area contributed by atoms with E-state index >= 15 is 0 Å². The summed E-state index contributed by atoms with van der Waals surface area (Å²) in [6.07, 6.45) is 6.31. The molecule has 0 spiro atoms. The quantitative estimate of drug-likeness (QED) is 0.484. The van der Waals surface area contributed by atoms with Crippen molar-refractivity contribution >= 4 is 11.6 Å². The van der Waals surface area contributed by atoms with Crippen molar-refractivity contribution in [3.63, 3.8) is 0 Å². The average molecular weight is 219 g/mol. The summed E-state index contributed by atoms with van der Waals surface area (Å²) >= 11 is 6.21. The Morgan fingerprint density at radius 2 is 2.07 bits per heavy atom. The lowest BCUT2D eigenvalue weighted by Gasteiger charge is -2.50. The number of unbranched alkanes of at least 4 members (excludes halogenated alkanes) is 2. The summed E-state index contributed by atoms with van der Waals surface area (Å²) in [6, 6.07) is 0. The van der Waals surface area contributed by atoms with E-state index < -0.39 is 0 Å². The first kappa shape index (κ1) is 12.3. The van der Waals surface area contributed by atoms with Crippen molar-refractivity contribution < 1.29 is 4.74 Å². The van der Waals surface area contributed by atoms with Crippen LogP contribution in [0.15, 0.2) is 0 Å². The van der Waals surface area contributed by atoms with Crippen LogP contribution >= 0.6 is 11.6 Å². The predicted molar refractivity (Wildman–Crippen MR) is 61.9 cm³/mol. The van der Waals surface area contributed by atoms with E-state index in [0.717, 1.165) is 19.4 Å². The highest BCUT2D eigenvalue weighted by Gasteiger charge is 2.50. The first-order valence-electron chi connectivity index (χ1n) is 5.90. The second kappa shape index (κ2) is 5.37. The molecule has 0 saturated heterocycles. The smallest absolute Gasteiger partial charge is 0.0656 e. The second-order valence-electron chi connectivity index (χ2n) is 4.63. The summed E-state index contributed by atoms with van der Waals surface area (Å²) in [5.74, 6) is 0. The Kier molecular flexibility index (Phi) is 4.72. The standard InChI is InChI=1S/C12H23ClO/c1-4-6-7-8-14-11-9-10(13)12(11,3)5-2/h10-11H,4-9H2,1-3H3. The van der Waals surface area contributed by atoms with Crippen LogP contribution in [0, 0.1) is 5.41 Å². The molecule has 0 radical (unpaired) electrons. The zero-order valence-corrected chi connectivity index (χ0v) is 10.4. The minimum atomic E-state index is 0.230. The highest BCUT2D eigenvalue weighted by molar-refractivity contribution is 6.21. The molecule has 0 aromatic heterocycles.